The second-order valence-electron chi connectivity index (χ2n) is 7.18. The summed E-state index contributed by atoms with van der Waals surface area (Å²) < 4.78 is 26.7. The molecule has 0 aliphatic rings. The molecule has 0 bridgehead atoms. The highest BCUT2D eigenvalue weighted by Gasteiger charge is 2.12. The summed E-state index contributed by atoms with van der Waals surface area (Å²) in [6, 6.07) is 10.9. The monoisotopic (exact) mass is 426 g/mol. The average Bonchev–Trinajstić information content (AvgIpc) is 2.69. The third-order valence-corrected chi connectivity index (χ3v) is 5.17. The van der Waals surface area contributed by atoms with E-state index in [-0.39, 0.29) is 10.5 Å². The van der Waals surface area contributed by atoms with Crippen molar-refractivity contribution in [2.75, 3.05) is 13.6 Å². The van der Waals surface area contributed by atoms with E-state index in [9.17, 15) is 13.6 Å². The number of hydrogen-bond acceptors (Lipinski definition) is 2. The average molecular weight is 427 g/mol. The van der Waals surface area contributed by atoms with Crippen LogP contribution in [0, 0.1) is 37.3 Å². The van der Waals surface area contributed by atoms with E-state index < -0.39 is 11.6 Å². The number of pyridine rings is 1. The van der Waals surface area contributed by atoms with Crippen LogP contribution in [0.25, 0.3) is 11.1 Å². The highest BCUT2D eigenvalue weighted by molar-refractivity contribution is 6.31. The van der Waals surface area contributed by atoms with Gasteiger partial charge in [-0.25, -0.2) is 8.78 Å². The fourth-order valence-corrected chi connectivity index (χ4v) is 3.33. The molecule has 154 valence electrons. The quantitative estimate of drug-likeness (QED) is 0.591. The first-order valence-electron chi connectivity index (χ1n) is 9.37. The van der Waals surface area contributed by atoms with Crippen LogP contribution in [0.2, 0.25) is 5.02 Å². The van der Waals surface area contributed by atoms with E-state index in [1.54, 1.807) is 6.92 Å². The molecule has 0 fully saturated rings. The first kappa shape index (κ1) is 21.8. The minimum atomic E-state index is -0.591. The van der Waals surface area contributed by atoms with Crippen molar-refractivity contribution in [3.05, 3.63) is 91.9 Å². The standard InChI is InChI=1S/C24H21ClF2N2O/c1-15-22(24(30)23(25)16(2)28-15)18-8-6-17(7-9-18)5-4-12-29(3)14-19-10-11-20(26)13-21(19)27/h6-11,13H,12,14H2,1-3H3,(H,28,30). The molecule has 3 nitrogen and oxygen atoms in total. The van der Waals surface area contributed by atoms with Gasteiger partial charge in [-0.2, -0.15) is 0 Å². The summed E-state index contributed by atoms with van der Waals surface area (Å²) in [5, 5.41) is 0.195. The molecular formula is C24H21ClF2N2O. The van der Waals surface area contributed by atoms with Gasteiger partial charge in [0.2, 0.25) is 5.43 Å². The van der Waals surface area contributed by atoms with Gasteiger partial charge in [-0.15, -0.1) is 0 Å². The Morgan fingerprint density at radius 3 is 2.43 bits per heavy atom. The van der Waals surface area contributed by atoms with Crippen molar-refractivity contribution in [3.8, 4) is 23.0 Å². The van der Waals surface area contributed by atoms with Gasteiger partial charge in [0.15, 0.2) is 0 Å². The maximum absolute atomic E-state index is 13.7. The van der Waals surface area contributed by atoms with Gasteiger partial charge in [-0.05, 0) is 44.7 Å². The van der Waals surface area contributed by atoms with E-state index in [1.807, 2.05) is 43.1 Å². The Morgan fingerprint density at radius 1 is 1.07 bits per heavy atom. The smallest absolute Gasteiger partial charge is 0.208 e. The Labute approximate surface area is 179 Å². The summed E-state index contributed by atoms with van der Waals surface area (Å²) in [6.45, 7) is 4.36. The van der Waals surface area contributed by atoms with E-state index in [1.165, 1.54) is 12.1 Å². The van der Waals surface area contributed by atoms with Gasteiger partial charge in [0.1, 0.15) is 16.7 Å². The topological polar surface area (TPSA) is 36.1 Å². The van der Waals surface area contributed by atoms with Crippen LogP contribution < -0.4 is 5.43 Å². The third-order valence-electron chi connectivity index (χ3n) is 4.72. The highest BCUT2D eigenvalue weighted by Crippen LogP contribution is 2.22. The SMILES string of the molecule is Cc1[nH]c(C)c(-c2ccc(C#CCN(C)Cc3ccc(F)cc3F)cc2)c(=O)c1Cl. The van der Waals surface area contributed by atoms with Crippen molar-refractivity contribution < 1.29 is 8.78 Å². The van der Waals surface area contributed by atoms with Gasteiger partial charge in [0, 0.05) is 40.7 Å². The molecule has 1 N–H and O–H groups in total. The first-order valence-corrected chi connectivity index (χ1v) is 9.75. The zero-order chi connectivity index (χ0) is 21.8. The number of nitrogens with zero attached hydrogens (tertiary/aromatic N) is 1. The van der Waals surface area contributed by atoms with Crippen molar-refractivity contribution in [2.24, 2.45) is 0 Å². The van der Waals surface area contributed by atoms with E-state index in [4.69, 9.17) is 11.6 Å². The lowest BCUT2D eigenvalue weighted by atomic mass is 10.0. The highest BCUT2D eigenvalue weighted by atomic mass is 35.5. The Balaban J connectivity index is 1.69. The molecule has 0 atom stereocenters. The van der Waals surface area contributed by atoms with Crippen molar-refractivity contribution in [3.63, 3.8) is 0 Å². The largest absolute Gasteiger partial charge is 0.361 e. The van der Waals surface area contributed by atoms with E-state index in [0.717, 1.165) is 22.9 Å². The number of aryl methyl sites for hydroxylation is 2. The second kappa shape index (κ2) is 9.25. The van der Waals surface area contributed by atoms with Crippen molar-refractivity contribution in [1.29, 1.82) is 0 Å². The number of benzene rings is 2. The molecule has 0 amide bonds. The summed E-state index contributed by atoms with van der Waals surface area (Å²) in [4.78, 5) is 17.5. The second-order valence-corrected chi connectivity index (χ2v) is 7.56. The van der Waals surface area contributed by atoms with Crippen LogP contribution in [-0.4, -0.2) is 23.5 Å². The van der Waals surface area contributed by atoms with Crippen LogP contribution in [0.15, 0.2) is 47.3 Å². The molecular weight excluding hydrogens is 406 g/mol. The lowest BCUT2D eigenvalue weighted by molar-refractivity contribution is 0.360. The van der Waals surface area contributed by atoms with Crippen LogP contribution in [0.5, 0.6) is 0 Å². The number of aromatic amines is 1. The van der Waals surface area contributed by atoms with Gasteiger partial charge in [0.05, 0.1) is 6.54 Å². The predicted molar refractivity (Wildman–Crippen MR) is 117 cm³/mol. The molecule has 3 aromatic rings. The fraction of sp³-hybridized carbons (Fsp3) is 0.208. The molecule has 3 rings (SSSR count). The van der Waals surface area contributed by atoms with Gasteiger partial charge < -0.3 is 4.98 Å². The summed E-state index contributed by atoms with van der Waals surface area (Å²) in [7, 11) is 1.82. The summed E-state index contributed by atoms with van der Waals surface area (Å²) in [5.74, 6) is 4.94. The van der Waals surface area contributed by atoms with E-state index in [0.29, 0.717) is 29.9 Å². The minimum absolute atomic E-state index is 0.195. The summed E-state index contributed by atoms with van der Waals surface area (Å²) in [5.41, 5.74) is 3.75. The van der Waals surface area contributed by atoms with Crippen molar-refractivity contribution in [2.45, 2.75) is 20.4 Å². The molecule has 0 unspecified atom stereocenters. The zero-order valence-corrected chi connectivity index (χ0v) is 17.7. The fourth-order valence-electron chi connectivity index (χ4n) is 3.19. The Kier molecular flexibility index (Phi) is 6.71. The third kappa shape index (κ3) is 4.96. The van der Waals surface area contributed by atoms with E-state index >= 15 is 0 Å². The first-order chi connectivity index (χ1) is 14.3. The molecule has 0 aliphatic carbocycles. The normalized spacial score (nSPS) is 10.8. The molecule has 2 aromatic carbocycles. The summed E-state index contributed by atoms with van der Waals surface area (Å²) >= 11 is 6.10. The molecule has 6 heteroatoms. The van der Waals surface area contributed by atoms with Crippen LogP contribution in [0.3, 0.4) is 0 Å². The Bertz CT molecular complexity index is 1190. The van der Waals surface area contributed by atoms with Gasteiger partial charge in [-0.3, -0.25) is 9.69 Å². The molecule has 0 aliphatic heterocycles. The lowest BCUT2D eigenvalue weighted by Gasteiger charge is -2.13. The van der Waals surface area contributed by atoms with Crippen LogP contribution in [0.4, 0.5) is 8.78 Å². The summed E-state index contributed by atoms with van der Waals surface area (Å²) in [6.07, 6.45) is 0. The molecule has 30 heavy (non-hydrogen) atoms. The maximum atomic E-state index is 13.7. The van der Waals surface area contributed by atoms with E-state index in [2.05, 4.69) is 16.8 Å². The van der Waals surface area contributed by atoms with Crippen LogP contribution in [0.1, 0.15) is 22.5 Å². The lowest BCUT2D eigenvalue weighted by Crippen LogP contribution is -2.18. The minimum Gasteiger partial charge on any atom is -0.361 e. The number of hydrogen-bond donors (Lipinski definition) is 1. The van der Waals surface area contributed by atoms with Gasteiger partial charge in [-0.1, -0.05) is 41.6 Å². The predicted octanol–water partition coefficient (Wildman–Crippen LogP) is 5.07. The van der Waals surface area contributed by atoms with Gasteiger partial charge >= 0.3 is 0 Å². The number of nitrogens with one attached hydrogen (secondary N) is 1. The van der Waals surface area contributed by atoms with Crippen LogP contribution >= 0.6 is 11.6 Å². The zero-order valence-electron chi connectivity index (χ0n) is 16.9. The van der Waals surface area contributed by atoms with Gasteiger partial charge in [0.25, 0.3) is 0 Å². The Hall–Kier alpha value is -2.94. The number of halogens is 3. The van der Waals surface area contributed by atoms with Crippen molar-refractivity contribution in [1.82, 2.24) is 9.88 Å². The maximum Gasteiger partial charge on any atom is 0.208 e. The molecule has 0 saturated carbocycles. The molecule has 1 aromatic heterocycles. The van der Waals surface area contributed by atoms with Crippen LogP contribution in [-0.2, 0) is 6.54 Å². The Morgan fingerprint density at radius 2 is 1.77 bits per heavy atom. The molecule has 0 saturated heterocycles. The molecule has 0 spiro atoms. The molecule has 0 radical (unpaired) electrons. The number of aromatic nitrogens is 1. The van der Waals surface area contributed by atoms with Crippen molar-refractivity contribution >= 4 is 11.6 Å². The number of H-pyrrole nitrogens is 1. The molecule has 1 heterocycles. The number of rotatable bonds is 4.